The zero-order valence-corrected chi connectivity index (χ0v) is 17.3. The van der Waals surface area contributed by atoms with Crippen LogP contribution in [-0.2, 0) is 0 Å². The van der Waals surface area contributed by atoms with Crippen molar-refractivity contribution in [3.05, 3.63) is 42.2 Å². The number of alkyl halides is 1. The molecule has 0 bridgehead atoms. The van der Waals surface area contributed by atoms with E-state index in [-0.39, 0.29) is 18.4 Å². The Balaban J connectivity index is 1.53. The van der Waals surface area contributed by atoms with Crippen molar-refractivity contribution in [1.29, 1.82) is 0 Å². The number of halogens is 2. The third-order valence-corrected chi connectivity index (χ3v) is 5.98. The van der Waals surface area contributed by atoms with Crippen LogP contribution in [0.15, 0.2) is 30.6 Å². The number of anilines is 1. The van der Waals surface area contributed by atoms with Gasteiger partial charge < -0.3 is 9.88 Å². The summed E-state index contributed by atoms with van der Waals surface area (Å²) in [5.74, 6) is 0.815. The Morgan fingerprint density at radius 1 is 1.23 bits per heavy atom. The molecule has 1 saturated carbocycles. The number of nitrogens with one attached hydrogen (secondary N) is 1. The van der Waals surface area contributed by atoms with Gasteiger partial charge >= 0.3 is 0 Å². The summed E-state index contributed by atoms with van der Waals surface area (Å²) in [5.41, 5.74) is 2.33. The molecule has 0 atom stereocenters. The van der Waals surface area contributed by atoms with Crippen LogP contribution < -0.4 is 5.32 Å². The van der Waals surface area contributed by atoms with E-state index in [0.717, 1.165) is 34.4 Å². The number of aromatic nitrogens is 5. The molecule has 0 radical (unpaired) electrons. The van der Waals surface area contributed by atoms with E-state index < -0.39 is 5.67 Å². The molecule has 0 amide bonds. The van der Waals surface area contributed by atoms with Crippen LogP contribution in [0.25, 0.3) is 27.7 Å². The highest BCUT2D eigenvalue weighted by Gasteiger charge is 2.36. The van der Waals surface area contributed by atoms with Crippen molar-refractivity contribution in [2.24, 2.45) is 0 Å². The van der Waals surface area contributed by atoms with Crippen LogP contribution in [0.2, 0.25) is 0 Å². The SMILES string of the molecule is Cc1nc2c(F)cc(-c3ccn4nc(NCC5(F)CCC5)ncc34)cc2n1C(C)C. The second-order valence-electron chi connectivity index (χ2n) is 8.45. The molecular weight excluding hydrogens is 386 g/mol. The molecule has 30 heavy (non-hydrogen) atoms. The number of aryl methyl sites for hydroxylation is 1. The first-order valence-corrected chi connectivity index (χ1v) is 10.3. The topological polar surface area (TPSA) is 60.0 Å². The molecule has 0 aliphatic heterocycles. The van der Waals surface area contributed by atoms with E-state index in [4.69, 9.17) is 0 Å². The van der Waals surface area contributed by atoms with Crippen molar-refractivity contribution in [3.8, 4) is 11.1 Å². The largest absolute Gasteiger partial charge is 0.350 e. The van der Waals surface area contributed by atoms with Crippen LogP contribution in [0, 0.1) is 12.7 Å². The summed E-state index contributed by atoms with van der Waals surface area (Å²) in [6, 6.07) is 5.52. The fourth-order valence-corrected chi connectivity index (χ4v) is 4.28. The smallest absolute Gasteiger partial charge is 0.241 e. The molecule has 8 heteroatoms. The fraction of sp³-hybridized carbons (Fsp3) is 0.409. The lowest BCUT2D eigenvalue weighted by molar-refractivity contribution is 0.0782. The molecule has 1 fully saturated rings. The van der Waals surface area contributed by atoms with Crippen molar-refractivity contribution in [2.75, 3.05) is 11.9 Å². The normalized spacial score (nSPS) is 15.8. The molecule has 5 rings (SSSR count). The van der Waals surface area contributed by atoms with Gasteiger partial charge in [-0.2, -0.15) is 0 Å². The summed E-state index contributed by atoms with van der Waals surface area (Å²) in [4.78, 5) is 8.74. The lowest BCUT2D eigenvalue weighted by Crippen LogP contribution is -2.39. The van der Waals surface area contributed by atoms with E-state index in [1.807, 2.05) is 23.6 Å². The standard InChI is InChI=1S/C22H24F2N6/c1-13(2)30-14(3)27-20-17(23)9-15(10-18(20)30)16-5-8-29-19(16)11-25-21(28-29)26-12-22(24)6-4-7-22/h5,8-11,13H,4,6-7,12H2,1-3H3,(H,26,28). The molecule has 156 valence electrons. The second-order valence-corrected chi connectivity index (χ2v) is 8.45. The summed E-state index contributed by atoms with van der Waals surface area (Å²) in [6.07, 6.45) is 5.57. The number of nitrogens with zero attached hydrogens (tertiary/aromatic N) is 5. The van der Waals surface area contributed by atoms with Gasteiger partial charge in [-0.15, -0.1) is 5.10 Å². The van der Waals surface area contributed by atoms with E-state index in [1.165, 1.54) is 6.07 Å². The minimum Gasteiger partial charge on any atom is -0.350 e. The fourth-order valence-electron chi connectivity index (χ4n) is 4.28. The molecular formula is C22H24F2N6. The van der Waals surface area contributed by atoms with Crippen molar-refractivity contribution >= 4 is 22.5 Å². The summed E-state index contributed by atoms with van der Waals surface area (Å²) in [5, 5.41) is 7.43. The molecule has 3 heterocycles. The Labute approximate surface area is 172 Å². The van der Waals surface area contributed by atoms with Gasteiger partial charge in [0, 0.05) is 17.8 Å². The maximum Gasteiger partial charge on any atom is 0.241 e. The predicted molar refractivity (Wildman–Crippen MR) is 113 cm³/mol. The number of fused-ring (bicyclic) bond motifs is 2. The highest BCUT2D eigenvalue weighted by molar-refractivity contribution is 5.88. The Bertz CT molecular complexity index is 1250. The Morgan fingerprint density at radius 2 is 2.03 bits per heavy atom. The van der Waals surface area contributed by atoms with Gasteiger partial charge in [0.05, 0.1) is 23.8 Å². The third-order valence-electron chi connectivity index (χ3n) is 5.98. The van der Waals surface area contributed by atoms with Gasteiger partial charge in [0.25, 0.3) is 0 Å². The molecule has 1 aliphatic carbocycles. The van der Waals surface area contributed by atoms with E-state index in [1.54, 1.807) is 16.9 Å². The van der Waals surface area contributed by atoms with Crippen LogP contribution in [0.3, 0.4) is 0 Å². The van der Waals surface area contributed by atoms with Crippen LogP contribution in [-0.4, -0.2) is 36.4 Å². The van der Waals surface area contributed by atoms with Gasteiger partial charge in [-0.25, -0.2) is 23.3 Å². The number of imidazole rings is 1. The summed E-state index contributed by atoms with van der Waals surface area (Å²) in [6.45, 7) is 6.22. The third kappa shape index (κ3) is 3.02. The minimum absolute atomic E-state index is 0.168. The van der Waals surface area contributed by atoms with Crippen molar-refractivity contribution < 1.29 is 8.78 Å². The highest BCUT2D eigenvalue weighted by atomic mass is 19.1. The summed E-state index contributed by atoms with van der Waals surface area (Å²) >= 11 is 0. The first-order chi connectivity index (χ1) is 14.3. The zero-order chi connectivity index (χ0) is 21.0. The maximum atomic E-state index is 14.9. The molecule has 0 saturated heterocycles. The summed E-state index contributed by atoms with van der Waals surface area (Å²) < 4.78 is 32.8. The number of hydrogen-bond donors (Lipinski definition) is 1. The average Bonchev–Trinajstić information content (AvgIpc) is 3.25. The van der Waals surface area contributed by atoms with Gasteiger partial charge in [0.15, 0.2) is 5.82 Å². The second kappa shape index (κ2) is 6.75. The lowest BCUT2D eigenvalue weighted by atomic mass is 9.82. The van der Waals surface area contributed by atoms with Crippen LogP contribution >= 0.6 is 0 Å². The first-order valence-electron chi connectivity index (χ1n) is 10.3. The zero-order valence-electron chi connectivity index (χ0n) is 17.3. The van der Waals surface area contributed by atoms with Gasteiger partial charge in [0.1, 0.15) is 17.0 Å². The Hall–Kier alpha value is -3.03. The highest BCUT2D eigenvalue weighted by Crippen LogP contribution is 2.36. The molecule has 1 N–H and O–H groups in total. The molecule has 1 aliphatic rings. The lowest BCUT2D eigenvalue weighted by Gasteiger charge is -2.33. The minimum atomic E-state index is -1.15. The van der Waals surface area contributed by atoms with E-state index in [9.17, 15) is 8.78 Å². The number of hydrogen-bond acceptors (Lipinski definition) is 4. The molecule has 3 aromatic heterocycles. The van der Waals surface area contributed by atoms with Crippen LogP contribution in [0.5, 0.6) is 0 Å². The molecule has 1 aromatic carbocycles. The number of rotatable bonds is 5. The van der Waals surface area contributed by atoms with Crippen LogP contribution in [0.4, 0.5) is 14.7 Å². The average molecular weight is 410 g/mol. The maximum absolute atomic E-state index is 14.9. The molecule has 4 aromatic rings. The quantitative estimate of drug-likeness (QED) is 0.499. The van der Waals surface area contributed by atoms with Crippen molar-refractivity contribution in [1.82, 2.24) is 24.1 Å². The summed E-state index contributed by atoms with van der Waals surface area (Å²) in [7, 11) is 0. The van der Waals surface area contributed by atoms with E-state index in [2.05, 4.69) is 34.2 Å². The Kier molecular flexibility index (Phi) is 4.27. The van der Waals surface area contributed by atoms with Gasteiger partial charge in [-0.3, -0.25) is 0 Å². The van der Waals surface area contributed by atoms with E-state index >= 15 is 0 Å². The molecule has 6 nitrogen and oxygen atoms in total. The van der Waals surface area contributed by atoms with Crippen molar-refractivity contribution in [3.63, 3.8) is 0 Å². The van der Waals surface area contributed by atoms with Gasteiger partial charge in [-0.1, -0.05) is 0 Å². The van der Waals surface area contributed by atoms with E-state index in [0.29, 0.717) is 24.3 Å². The Morgan fingerprint density at radius 3 is 2.73 bits per heavy atom. The monoisotopic (exact) mass is 410 g/mol. The first kappa shape index (κ1) is 19.0. The predicted octanol–water partition coefficient (Wildman–Crippen LogP) is 5.08. The van der Waals surface area contributed by atoms with Crippen molar-refractivity contribution in [2.45, 2.75) is 51.7 Å². The van der Waals surface area contributed by atoms with Gasteiger partial charge in [-0.05, 0) is 63.8 Å². The molecule has 0 spiro atoms. The van der Waals surface area contributed by atoms with Gasteiger partial charge in [0.2, 0.25) is 5.95 Å². The number of benzene rings is 1. The molecule has 0 unspecified atom stereocenters. The van der Waals surface area contributed by atoms with Crippen LogP contribution in [0.1, 0.15) is 45.0 Å².